The van der Waals surface area contributed by atoms with Crippen LogP contribution < -0.4 is 5.32 Å². The molecule has 0 aliphatic rings. The van der Waals surface area contributed by atoms with Crippen molar-refractivity contribution >= 4 is 17.3 Å². The molecule has 3 nitrogen and oxygen atoms in total. The van der Waals surface area contributed by atoms with E-state index in [1.165, 1.54) is 9.75 Å². The van der Waals surface area contributed by atoms with Crippen molar-refractivity contribution in [3.63, 3.8) is 0 Å². The minimum absolute atomic E-state index is 0.305. The Balaban J connectivity index is 2.13. The second-order valence-corrected chi connectivity index (χ2v) is 5.45. The molecule has 0 fully saturated rings. The predicted octanol–water partition coefficient (Wildman–Crippen LogP) is 3.27. The van der Waals surface area contributed by atoms with Crippen molar-refractivity contribution in [2.24, 2.45) is 7.05 Å². The lowest BCUT2D eigenvalue weighted by Crippen LogP contribution is -2.08. The van der Waals surface area contributed by atoms with Crippen LogP contribution in [-0.4, -0.2) is 9.55 Å². The van der Waals surface area contributed by atoms with E-state index in [1.54, 1.807) is 0 Å². The Hall–Kier alpha value is -1.29. The molecule has 2 heterocycles. The van der Waals surface area contributed by atoms with Crippen molar-refractivity contribution in [3.05, 3.63) is 33.8 Å². The molecule has 0 saturated heterocycles. The van der Waals surface area contributed by atoms with Crippen LogP contribution in [0.15, 0.2) is 18.3 Å². The van der Waals surface area contributed by atoms with Gasteiger partial charge in [0.25, 0.3) is 0 Å². The number of hydrogen-bond donors (Lipinski definition) is 1. The molecule has 0 aromatic carbocycles. The minimum Gasteiger partial charge on any atom is -0.348 e. The van der Waals surface area contributed by atoms with Gasteiger partial charge in [-0.25, -0.2) is 4.98 Å². The first kappa shape index (κ1) is 11.2. The molecule has 0 spiro atoms. The van der Waals surface area contributed by atoms with E-state index < -0.39 is 0 Å². The number of aromatic nitrogens is 2. The maximum Gasteiger partial charge on any atom is 0.203 e. The summed E-state index contributed by atoms with van der Waals surface area (Å²) in [6.07, 6.45) is 2.02. The Labute approximate surface area is 100 Å². The molecule has 0 aliphatic carbocycles. The Kier molecular flexibility index (Phi) is 3.01. The molecule has 1 N–H and O–H groups in total. The van der Waals surface area contributed by atoms with E-state index in [0.29, 0.717) is 6.04 Å². The van der Waals surface area contributed by atoms with Gasteiger partial charge in [-0.15, -0.1) is 11.3 Å². The van der Waals surface area contributed by atoms with Crippen LogP contribution in [-0.2, 0) is 7.05 Å². The SMILES string of the molecule is Cc1cn(C)c(NC(C)c2ccc(C)s2)n1. The smallest absolute Gasteiger partial charge is 0.203 e. The topological polar surface area (TPSA) is 29.9 Å². The first-order valence-corrected chi connectivity index (χ1v) is 6.21. The highest BCUT2D eigenvalue weighted by Gasteiger charge is 2.10. The van der Waals surface area contributed by atoms with Crippen LogP contribution in [0.1, 0.15) is 28.4 Å². The zero-order valence-corrected chi connectivity index (χ0v) is 10.9. The molecule has 1 atom stereocenters. The summed E-state index contributed by atoms with van der Waals surface area (Å²) < 4.78 is 2.02. The average molecular weight is 235 g/mol. The molecule has 16 heavy (non-hydrogen) atoms. The third kappa shape index (κ3) is 2.27. The second kappa shape index (κ2) is 4.29. The van der Waals surface area contributed by atoms with E-state index >= 15 is 0 Å². The Morgan fingerprint density at radius 3 is 2.62 bits per heavy atom. The zero-order valence-electron chi connectivity index (χ0n) is 10.1. The molecule has 0 radical (unpaired) electrons. The number of nitrogens with zero attached hydrogens (tertiary/aromatic N) is 2. The van der Waals surface area contributed by atoms with E-state index in [-0.39, 0.29) is 0 Å². The third-order valence-corrected chi connectivity index (χ3v) is 3.71. The van der Waals surface area contributed by atoms with Gasteiger partial charge in [0, 0.05) is 23.0 Å². The molecular weight excluding hydrogens is 218 g/mol. The fraction of sp³-hybridized carbons (Fsp3) is 0.417. The van der Waals surface area contributed by atoms with Gasteiger partial charge in [-0.2, -0.15) is 0 Å². The molecule has 2 aromatic heterocycles. The standard InChI is InChI=1S/C12H17N3S/c1-8-7-15(4)12(13-8)14-10(3)11-6-5-9(2)16-11/h5-7,10H,1-4H3,(H,13,14). The number of imidazole rings is 1. The molecule has 4 heteroatoms. The number of hydrogen-bond acceptors (Lipinski definition) is 3. The van der Waals surface area contributed by atoms with Crippen molar-refractivity contribution in [2.75, 3.05) is 5.32 Å². The minimum atomic E-state index is 0.305. The van der Waals surface area contributed by atoms with E-state index in [2.05, 4.69) is 36.3 Å². The molecule has 2 rings (SSSR count). The number of rotatable bonds is 3. The molecule has 0 aliphatic heterocycles. The van der Waals surface area contributed by atoms with Gasteiger partial charge < -0.3 is 9.88 Å². The summed E-state index contributed by atoms with van der Waals surface area (Å²) >= 11 is 1.83. The van der Waals surface area contributed by atoms with Crippen LogP contribution in [0.4, 0.5) is 5.95 Å². The molecule has 2 aromatic rings. The van der Waals surface area contributed by atoms with Gasteiger partial charge in [0.1, 0.15) is 0 Å². The number of thiophene rings is 1. The van der Waals surface area contributed by atoms with Gasteiger partial charge in [-0.05, 0) is 32.9 Å². The normalized spacial score (nSPS) is 12.8. The molecule has 86 valence electrons. The van der Waals surface area contributed by atoms with E-state index in [1.807, 2.05) is 36.1 Å². The van der Waals surface area contributed by atoms with Gasteiger partial charge in [0.2, 0.25) is 5.95 Å². The van der Waals surface area contributed by atoms with E-state index in [0.717, 1.165) is 11.6 Å². The Bertz CT molecular complexity index is 484. The second-order valence-electron chi connectivity index (χ2n) is 4.13. The van der Waals surface area contributed by atoms with Gasteiger partial charge in [0.05, 0.1) is 11.7 Å². The summed E-state index contributed by atoms with van der Waals surface area (Å²) in [5, 5.41) is 3.42. The van der Waals surface area contributed by atoms with Crippen molar-refractivity contribution in [3.8, 4) is 0 Å². The van der Waals surface area contributed by atoms with Crippen LogP contribution in [0.3, 0.4) is 0 Å². The van der Waals surface area contributed by atoms with Gasteiger partial charge >= 0.3 is 0 Å². The quantitative estimate of drug-likeness (QED) is 0.885. The number of aryl methyl sites for hydroxylation is 3. The average Bonchev–Trinajstić information content (AvgIpc) is 2.74. The monoisotopic (exact) mass is 235 g/mol. The van der Waals surface area contributed by atoms with Gasteiger partial charge in [-0.1, -0.05) is 0 Å². The third-order valence-electron chi connectivity index (χ3n) is 2.53. The first-order valence-electron chi connectivity index (χ1n) is 5.39. The number of anilines is 1. The number of nitrogens with one attached hydrogen (secondary N) is 1. The highest BCUT2D eigenvalue weighted by atomic mass is 32.1. The maximum absolute atomic E-state index is 4.44. The summed E-state index contributed by atoms with van der Waals surface area (Å²) in [5.74, 6) is 0.927. The van der Waals surface area contributed by atoms with Crippen LogP contribution in [0.2, 0.25) is 0 Å². The van der Waals surface area contributed by atoms with Crippen molar-refractivity contribution < 1.29 is 0 Å². The lowest BCUT2D eigenvalue weighted by Gasteiger charge is -2.12. The van der Waals surface area contributed by atoms with Gasteiger partial charge in [-0.3, -0.25) is 0 Å². The van der Waals surface area contributed by atoms with E-state index in [4.69, 9.17) is 0 Å². The van der Waals surface area contributed by atoms with E-state index in [9.17, 15) is 0 Å². The molecule has 1 unspecified atom stereocenters. The maximum atomic E-state index is 4.44. The fourth-order valence-electron chi connectivity index (χ4n) is 1.70. The summed E-state index contributed by atoms with van der Waals surface area (Å²) in [4.78, 5) is 7.13. The van der Waals surface area contributed by atoms with Crippen molar-refractivity contribution in [1.82, 2.24) is 9.55 Å². The van der Waals surface area contributed by atoms with Crippen molar-refractivity contribution in [1.29, 1.82) is 0 Å². The lowest BCUT2D eigenvalue weighted by molar-refractivity contribution is 0.835. The Morgan fingerprint density at radius 1 is 1.38 bits per heavy atom. The molecular formula is C12H17N3S. The first-order chi connectivity index (χ1) is 7.56. The van der Waals surface area contributed by atoms with Crippen LogP contribution >= 0.6 is 11.3 Å². The predicted molar refractivity (Wildman–Crippen MR) is 69.0 cm³/mol. The zero-order chi connectivity index (χ0) is 11.7. The highest BCUT2D eigenvalue weighted by Crippen LogP contribution is 2.25. The summed E-state index contributed by atoms with van der Waals surface area (Å²) in [7, 11) is 2.01. The lowest BCUT2D eigenvalue weighted by atomic mass is 10.3. The Morgan fingerprint density at radius 2 is 2.12 bits per heavy atom. The largest absolute Gasteiger partial charge is 0.348 e. The molecule has 0 saturated carbocycles. The summed E-state index contributed by atoms with van der Waals surface area (Å²) in [6, 6.07) is 4.63. The summed E-state index contributed by atoms with van der Waals surface area (Å²) in [5.41, 5.74) is 1.04. The van der Waals surface area contributed by atoms with Gasteiger partial charge in [0.15, 0.2) is 0 Å². The molecule has 0 amide bonds. The van der Waals surface area contributed by atoms with Crippen LogP contribution in [0.25, 0.3) is 0 Å². The highest BCUT2D eigenvalue weighted by molar-refractivity contribution is 7.12. The summed E-state index contributed by atoms with van der Waals surface area (Å²) in [6.45, 7) is 6.30. The van der Waals surface area contributed by atoms with Crippen molar-refractivity contribution in [2.45, 2.75) is 26.8 Å². The van der Waals surface area contributed by atoms with Crippen LogP contribution in [0, 0.1) is 13.8 Å². The fourth-order valence-corrected chi connectivity index (χ4v) is 2.58. The molecule has 0 bridgehead atoms. The van der Waals surface area contributed by atoms with Crippen LogP contribution in [0.5, 0.6) is 0 Å².